The van der Waals surface area contributed by atoms with Gasteiger partial charge in [-0.1, -0.05) is 11.6 Å². The SMILES string of the molecule is [2H]CC(=O)NOc1c[nH]c2cc(Cl)c(Br)cc12. The molecule has 0 bridgehead atoms. The standard InChI is InChI=1S/C10H8BrClN2O2/c1-5(15)14-16-10-4-13-9-3-8(12)7(11)2-6(9)10/h2-4,13H,1H3,(H,14,15)/i1D. The van der Waals surface area contributed by atoms with Gasteiger partial charge in [0.05, 0.1) is 10.5 Å². The maximum absolute atomic E-state index is 10.9. The van der Waals surface area contributed by atoms with E-state index in [9.17, 15) is 4.79 Å². The van der Waals surface area contributed by atoms with Gasteiger partial charge < -0.3 is 9.82 Å². The van der Waals surface area contributed by atoms with Gasteiger partial charge in [0.2, 0.25) is 5.91 Å². The van der Waals surface area contributed by atoms with Crippen LogP contribution >= 0.6 is 27.5 Å². The maximum Gasteiger partial charge on any atom is 0.249 e. The third-order valence-electron chi connectivity index (χ3n) is 1.96. The Hall–Kier alpha value is -1.20. The van der Waals surface area contributed by atoms with E-state index < -0.39 is 5.91 Å². The number of carbonyl (C=O) groups is 1. The number of hydrogen-bond donors (Lipinski definition) is 2. The zero-order chi connectivity index (χ0) is 12.4. The molecule has 0 saturated heterocycles. The molecular formula is C10H8BrClN2O2. The molecule has 6 heteroatoms. The monoisotopic (exact) mass is 303 g/mol. The summed E-state index contributed by atoms with van der Waals surface area (Å²) >= 11 is 9.25. The molecule has 2 rings (SSSR count). The summed E-state index contributed by atoms with van der Waals surface area (Å²) in [6.45, 7) is -0.377. The van der Waals surface area contributed by atoms with Crippen molar-refractivity contribution >= 4 is 44.3 Å². The van der Waals surface area contributed by atoms with Crippen LogP contribution in [0.4, 0.5) is 0 Å². The summed E-state index contributed by atoms with van der Waals surface area (Å²) in [5.74, 6) is -0.0356. The third kappa shape index (κ3) is 2.15. The minimum Gasteiger partial charge on any atom is -0.377 e. The maximum atomic E-state index is 10.9. The molecule has 0 aliphatic heterocycles. The van der Waals surface area contributed by atoms with Gasteiger partial charge in [-0.25, -0.2) is 0 Å². The van der Waals surface area contributed by atoms with E-state index in [0.717, 1.165) is 15.4 Å². The van der Waals surface area contributed by atoms with Crippen LogP contribution in [0.1, 0.15) is 8.27 Å². The number of aromatic nitrogens is 1. The van der Waals surface area contributed by atoms with Crippen LogP contribution in [0.25, 0.3) is 10.9 Å². The smallest absolute Gasteiger partial charge is 0.249 e. The predicted octanol–water partition coefficient (Wildman–Crippen LogP) is 3.01. The number of hydrogen-bond acceptors (Lipinski definition) is 2. The Bertz CT molecular complexity index is 573. The number of nitrogens with one attached hydrogen (secondary N) is 2. The van der Waals surface area contributed by atoms with Crippen LogP contribution in [0, 0.1) is 0 Å². The second-order valence-corrected chi connectivity index (χ2v) is 4.35. The zero-order valence-electron chi connectivity index (χ0n) is 9.01. The van der Waals surface area contributed by atoms with Crippen molar-refractivity contribution in [3.8, 4) is 5.75 Å². The Morgan fingerprint density at radius 2 is 2.50 bits per heavy atom. The van der Waals surface area contributed by atoms with Crippen LogP contribution in [0.2, 0.25) is 5.02 Å². The highest BCUT2D eigenvalue weighted by Crippen LogP contribution is 2.32. The highest BCUT2D eigenvalue weighted by molar-refractivity contribution is 9.10. The lowest BCUT2D eigenvalue weighted by Crippen LogP contribution is -2.23. The van der Waals surface area contributed by atoms with Gasteiger partial charge in [0.1, 0.15) is 0 Å². The number of carbonyl (C=O) groups excluding carboxylic acids is 1. The summed E-state index contributed by atoms with van der Waals surface area (Å²) in [5, 5.41) is 1.37. The molecule has 1 heterocycles. The van der Waals surface area contributed by atoms with Crippen molar-refractivity contribution in [2.45, 2.75) is 6.90 Å². The second-order valence-electron chi connectivity index (χ2n) is 3.09. The Morgan fingerprint density at radius 3 is 3.25 bits per heavy atom. The number of amides is 1. The molecule has 0 unspecified atom stereocenters. The Labute approximate surface area is 106 Å². The van der Waals surface area contributed by atoms with Gasteiger partial charge in [-0.2, -0.15) is 5.48 Å². The average molecular weight is 305 g/mol. The number of aromatic amines is 1. The van der Waals surface area contributed by atoms with E-state index in [1.165, 1.54) is 0 Å². The molecule has 0 saturated carbocycles. The first-order valence-corrected chi connectivity index (χ1v) is 5.50. The highest BCUT2D eigenvalue weighted by Gasteiger charge is 2.08. The van der Waals surface area contributed by atoms with E-state index in [1.54, 1.807) is 18.3 Å². The van der Waals surface area contributed by atoms with E-state index >= 15 is 0 Å². The van der Waals surface area contributed by atoms with Crippen molar-refractivity contribution in [1.29, 1.82) is 0 Å². The first-order chi connectivity index (χ1) is 8.11. The second kappa shape index (κ2) is 4.35. The largest absolute Gasteiger partial charge is 0.377 e. The van der Waals surface area contributed by atoms with Crippen LogP contribution in [-0.2, 0) is 4.79 Å². The predicted molar refractivity (Wildman–Crippen MR) is 65.5 cm³/mol. The Kier molecular flexibility index (Phi) is 2.71. The van der Waals surface area contributed by atoms with E-state index in [-0.39, 0.29) is 6.90 Å². The number of benzene rings is 1. The molecule has 1 aromatic carbocycles. The van der Waals surface area contributed by atoms with Gasteiger partial charge in [0.15, 0.2) is 5.75 Å². The number of rotatable bonds is 2. The van der Waals surface area contributed by atoms with Crippen LogP contribution < -0.4 is 10.3 Å². The highest BCUT2D eigenvalue weighted by atomic mass is 79.9. The van der Waals surface area contributed by atoms with E-state index in [4.69, 9.17) is 17.8 Å². The average Bonchev–Trinajstić information content (AvgIpc) is 2.69. The first-order valence-electron chi connectivity index (χ1n) is 5.03. The summed E-state index contributed by atoms with van der Waals surface area (Å²) < 4.78 is 7.58. The lowest BCUT2D eigenvalue weighted by atomic mass is 10.2. The molecule has 0 fully saturated rings. The minimum atomic E-state index is -0.507. The third-order valence-corrected chi connectivity index (χ3v) is 3.16. The molecule has 0 atom stereocenters. The molecule has 0 spiro atoms. The lowest BCUT2D eigenvalue weighted by Gasteiger charge is -2.03. The fourth-order valence-electron chi connectivity index (χ4n) is 1.29. The molecule has 1 amide bonds. The van der Waals surface area contributed by atoms with Gasteiger partial charge in [-0.05, 0) is 28.1 Å². The summed E-state index contributed by atoms with van der Waals surface area (Å²) in [6, 6.07) is 3.54. The fraction of sp³-hybridized carbons (Fsp3) is 0.100. The molecule has 2 aromatic rings. The van der Waals surface area contributed by atoms with E-state index in [1.807, 2.05) is 0 Å². The summed E-state index contributed by atoms with van der Waals surface area (Å²) in [7, 11) is 0. The van der Waals surface area contributed by atoms with Gasteiger partial charge in [-0.15, -0.1) is 0 Å². The number of halogens is 2. The van der Waals surface area contributed by atoms with Crippen LogP contribution in [0.3, 0.4) is 0 Å². The fourth-order valence-corrected chi connectivity index (χ4v) is 1.79. The van der Waals surface area contributed by atoms with Crippen molar-refractivity contribution < 1.29 is 11.0 Å². The van der Waals surface area contributed by atoms with Gasteiger partial charge in [0.25, 0.3) is 0 Å². The van der Waals surface area contributed by atoms with Crippen LogP contribution in [0.5, 0.6) is 5.75 Å². The van der Waals surface area contributed by atoms with Crippen molar-refractivity contribution in [2.75, 3.05) is 0 Å². The Balaban J connectivity index is 2.29. The summed E-state index contributed by atoms with van der Waals surface area (Å²) in [5.41, 5.74) is 2.97. The van der Waals surface area contributed by atoms with Crippen LogP contribution in [0.15, 0.2) is 22.8 Å². The topological polar surface area (TPSA) is 54.1 Å². The Morgan fingerprint density at radius 1 is 1.69 bits per heavy atom. The normalized spacial score (nSPS) is 11.2. The van der Waals surface area contributed by atoms with Crippen LogP contribution in [-0.4, -0.2) is 10.9 Å². The quantitative estimate of drug-likeness (QED) is 0.838. The molecule has 16 heavy (non-hydrogen) atoms. The first kappa shape index (κ1) is 9.99. The molecule has 0 aliphatic rings. The van der Waals surface area contributed by atoms with Gasteiger partial charge >= 0.3 is 0 Å². The van der Waals surface area contributed by atoms with Crippen molar-refractivity contribution in [1.82, 2.24) is 10.5 Å². The minimum absolute atomic E-state index is 0.377. The number of H-pyrrole nitrogens is 1. The van der Waals surface area contributed by atoms with E-state index in [2.05, 4.69) is 26.4 Å². The van der Waals surface area contributed by atoms with Gasteiger partial charge in [-0.3, -0.25) is 4.79 Å². The molecule has 2 N–H and O–H groups in total. The molecule has 1 aromatic heterocycles. The molecule has 0 radical (unpaired) electrons. The molecule has 4 nitrogen and oxygen atoms in total. The van der Waals surface area contributed by atoms with Gasteiger partial charge in [0, 0.05) is 24.3 Å². The van der Waals surface area contributed by atoms with E-state index in [0.29, 0.717) is 10.8 Å². The van der Waals surface area contributed by atoms with Crippen molar-refractivity contribution in [3.63, 3.8) is 0 Å². The molecule has 84 valence electrons. The molecular weight excluding hydrogens is 295 g/mol. The lowest BCUT2D eigenvalue weighted by molar-refractivity contribution is -0.125. The van der Waals surface area contributed by atoms with Crippen molar-refractivity contribution in [3.05, 3.63) is 27.8 Å². The number of fused-ring (bicyclic) bond motifs is 1. The zero-order valence-corrected chi connectivity index (χ0v) is 10.4. The summed E-state index contributed by atoms with van der Waals surface area (Å²) in [6.07, 6.45) is 1.61. The summed E-state index contributed by atoms with van der Waals surface area (Å²) in [4.78, 5) is 19.0. The number of hydroxylamine groups is 1. The molecule has 0 aliphatic carbocycles. The van der Waals surface area contributed by atoms with Crippen molar-refractivity contribution in [2.24, 2.45) is 0 Å².